The quantitative estimate of drug-likeness (QED) is 0.528. The SMILES string of the molecule is CC(C)CNC(=O)c1cccc(Nc2ccc(C(=O)NC3=NCCCN3)cc2C(C)C)c1. The maximum atomic E-state index is 12.7. The van der Waals surface area contributed by atoms with Gasteiger partial charge in [0.1, 0.15) is 0 Å². The Labute approximate surface area is 190 Å². The molecule has 0 radical (unpaired) electrons. The van der Waals surface area contributed by atoms with E-state index in [4.69, 9.17) is 0 Å². The van der Waals surface area contributed by atoms with Crippen LogP contribution in [0.15, 0.2) is 47.5 Å². The van der Waals surface area contributed by atoms with Crippen LogP contribution >= 0.6 is 0 Å². The molecule has 4 N–H and O–H groups in total. The molecule has 170 valence electrons. The Hall–Kier alpha value is -3.35. The zero-order chi connectivity index (χ0) is 23.1. The molecule has 1 aliphatic rings. The molecule has 0 aromatic heterocycles. The molecule has 0 unspecified atom stereocenters. The van der Waals surface area contributed by atoms with Crippen LogP contribution in [0.4, 0.5) is 11.4 Å². The average molecular weight is 436 g/mol. The molecular formula is C25H33N5O2. The fraction of sp³-hybridized carbons (Fsp3) is 0.400. The number of aliphatic imine (C=N–C) groups is 1. The molecule has 0 saturated carbocycles. The van der Waals surface area contributed by atoms with Crippen molar-refractivity contribution in [1.29, 1.82) is 0 Å². The van der Waals surface area contributed by atoms with E-state index in [1.165, 1.54) is 0 Å². The summed E-state index contributed by atoms with van der Waals surface area (Å²) < 4.78 is 0. The van der Waals surface area contributed by atoms with Gasteiger partial charge >= 0.3 is 0 Å². The largest absolute Gasteiger partial charge is 0.356 e. The predicted molar refractivity (Wildman–Crippen MR) is 130 cm³/mol. The summed E-state index contributed by atoms with van der Waals surface area (Å²) in [5.41, 5.74) is 3.94. The van der Waals surface area contributed by atoms with E-state index < -0.39 is 0 Å². The first-order chi connectivity index (χ1) is 15.3. The summed E-state index contributed by atoms with van der Waals surface area (Å²) in [6.45, 7) is 10.5. The lowest BCUT2D eigenvalue weighted by molar-refractivity contribution is 0.0946. The molecule has 3 rings (SSSR count). The van der Waals surface area contributed by atoms with Crippen molar-refractivity contribution in [2.24, 2.45) is 10.9 Å². The number of benzene rings is 2. The molecule has 0 aliphatic carbocycles. The Morgan fingerprint density at radius 3 is 2.50 bits per heavy atom. The van der Waals surface area contributed by atoms with E-state index in [1.807, 2.05) is 30.3 Å². The van der Waals surface area contributed by atoms with Gasteiger partial charge in [-0.15, -0.1) is 0 Å². The summed E-state index contributed by atoms with van der Waals surface area (Å²) in [4.78, 5) is 29.4. The molecule has 32 heavy (non-hydrogen) atoms. The molecule has 1 heterocycles. The van der Waals surface area contributed by atoms with Crippen molar-refractivity contribution in [2.75, 3.05) is 25.0 Å². The second-order valence-electron chi connectivity index (χ2n) is 8.73. The molecule has 0 bridgehead atoms. The lowest BCUT2D eigenvalue weighted by atomic mass is 9.98. The van der Waals surface area contributed by atoms with Gasteiger partial charge in [-0.25, -0.2) is 0 Å². The Morgan fingerprint density at radius 1 is 1.03 bits per heavy atom. The maximum Gasteiger partial charge on any atom is 0.257 e. The zero-order valence-corrected chi connectivity index (χ0v) is 19.3. The molecule has 2 amide bonds. The third kappa shape index (κ3) is 6.33. The maximum absolute atomic E-state index is 12.7. The molecule has 7 heteroatoms. The fourth-order valence-electron chi connectivity index (χ4n) is 3.38. The number of anilines is 2. The van der Waals surface area contributed by atoms with Gasteiger partial charge in [-0.05, 0) is 60.2 Å². The van der Waals surface area contributed by atoms with Gasteiger partial charge in [-0.3, -0.25) is 19.9 Å². The second-order valence-corrected chi connectivity index (χ2v) is 8.73. The normalized spacial score (nSPS) is 13.4. The molecule has 1 aliphatic heterocycles. The third-order valence-electron chi connectivity index (χ3n) is 5.14. The summed E-state index contributed by atoms with van der Waals surface area (Å²) in [5, 5.41) is 12.3. The van der Waals surface area contributed by atoms with Gasteiger partial charge in [0, 0.05) is 42.1 Å². The number of hydrogen-bond acceptors (Lipinski definition) is 5. The third-order valence-corrected chi connectivity index (χ3v) is 5.14. The van der Waals surface area contributed by atoms with Crippen LogP contribution in [0.1, 0.15) is 66.3 Å². The standard InChI is InChI=1S/C25H33N5O2/c1-16(2)15-28-23(31)18-7-5-8-20(13-18)29-22-10-9-19(14-21(22)17(3)4)24(32)30-25-26-11-6-12-27-25/h5,7-10,13-14,16-17,29H,6,11-12,15H2,1-4H3,(H,28,31)(H2,26,27,30,32). The fourth-order valence-corrected chi connectivity index (χ4v) is 3.38. The first-order valence-electron chi connectivity index (χ1n) is 11.2. The van der Waals surface area contributed by atoms with Gasteiger partial charge in [-0.2, -0.15) is 0 Å². The summed E-state index contributed by atoms with van der Waals surface area (Å²) in [6, 6.07) is 13.0. The molecule has 2 aromatic carbocycles. The van der Waals surface area contributed by atoms with Gasteiger partial charge in [0.15, 0.2) is 5.96 Å². The molecule has 7 nitrogen and oxygen atoms in total. The van der Waals surface area contributed by atoms with E-state index in [-0.39, 0.29) is 17.7 Å². The Balaban J connectivity index is 1.76. The topological polar surface area (TPSA) is 94.6 Å². The van der Waals surface area contributed by atoms with Crippen LogP contribution in [0.2, 0.25) is 0 Å². The van der Waals surface area contributed by atoms with Crippen molar-refractivity contribution >= 4 is 29.1 Å². The molecule has 0 fully saturated rings. The first kappa shape index (κ1) is 23.3. The number of nitrogens with zero attached hydrogens (tertiary/aromatic N) is 1. The first-order valence-corrected chi connectivity index (χ1v) is 11.2. The Morgan fingerprint density at radius 2 is 1.81 bits per heavy atom. The van der Waals surface area contributed by atoms with Crippen LogP contribution in [0.5, 0.6) is 0 Å². The van der Waals surface area contributed by atoms with E-state index in [0.29, 0.717) is 29.5 Å². The molecule has 2 aromatic rings. The van der Waals surface area contributed by atoms with Gasteiger partial charge in [-0.1, -0.05) is 33.8 Å². The van der Waals surface area contributed by atoms with E-state index in [1.54, 1.807) is 12.1 Å². The van der Waals surface area contributed by atoms with Crippen LogP contribution in [-0.4, -0.2) is 37.4 Å². The minimum atomic E-state index is -0.185. The smallest absolute Gasteiger partial charge is 0.257 e. The van der Waals surface area contributed by atoms with Gasteiger partial charge in [0.05, 0.1) is 0 Å². The highest BCUT2D eigenvalue weighted by Gasteiger charge is 2.15. The van der Waals surface area contributed by atoms with E-state index in [9.17, 15) is 9.59 Å². The number of amides is 2. The van der Waals surface area contributed by atoms with Crippen molar-refractivity contribution in [3.05, 3.63) is 59.2 Å². The number of carbonyl (C=O) groups is 2. The Kier molecular flexibility index (Phi) is 7.87. The van der Waals surface area contributed by atoms with Crippen molar-refractivity contribution in [3.63, 3.8) is 0 Å². The highest BCUT2D eigenvalue weighted by atomic mass is 16.2. The van der Waals surface area contributed by atoms with Crippen LogP contribution in [0.3, 0.4) is 0 Å². The summed E-state index contributed by atoms with van der Waals surface area (Å²) in [6.07, 6.45) is 0.970. The average Bonchev–Trinajstić information content (AvgIpc) is 2.78. The lowest BCUT2D eigenvalue weighted by Gasteiger charge is -2.18. The van der Waals surface area contributed by atoms with E-state index in [2.05, 4.69) is 54.0 Å². The van der Waals surface area contributed by atoms with Crippen molar-refractivity contribution in [1.82, 2.24) is 16.0 Å². The second kappa shape index (κ2) is 10.8. The van der Waals surface area contributed by atoms with Crippen LogP contribution in [0.25, 0.3) is 0 Å². The molecule has 0 atom stereocenters. The van der Waals surface area contributed by atoms with Crippen LogP contribution in [-0.2, 0) is 0 Å². The highest BCUT2D eigenvalue weighted by Crippen LogP contribution is 2.28. The molecular weight excluding hydrogens is 402 g/mol. The number of rotatable bonds is 7. The van der Waals surface area contributed by atoms with Gasteiger partial charge in [0.25, 0.3) is 11.8 Å². The minimum Gasteiger partial charge on any atom is -0.356 e. The monoisotopic (exact) mass is 435 g/mol. The van der Waals surface area contributed by atoms with Crippen molar-refractivity contribution in [3.8, 4) is 0 Å². The Bertz CT molecular complexity index is 998. The molecule has 0 saturated heterocycles. The van der Waals surface area contributed by atoms with Crippen LogP contribution < -0.4 is 21.3 Å². The van der Waals surface area contributed by atoms with Crippen molar-refractivity contribution < 1.29 is 9.59 Å². The predicted octanol–water partition coefficient (Wildman–Crippen LogP) is 4.02. The summed E-state index contributed by atoms with van der Waals surface area (Å²) in [7, 11) is 0. The zero-order valence-electron chi connectivity index (χ0n) is 19.3. The lowest BCUT2D eigenvalue weighted by Crippen LogP contribution is -2.43. The number of carbonyl (C=O) groups excluding carboxylic acids is 2. The van der Waals surface area contributed by atoms with Gasteiger partial charge in [0.2, 0.25) is 0 Å². The van der Waals surface area contributed by atoms with Crippen LogP contribution in [0, 0.1) is 5.92 Å². The van der Waals surface area contributed by atoms with E-state index >= 15 is 0 Å². The number of nitrogens with one attached hydrogen (secondary N) is 4. The molecule has 0 spiro atoms. The summed E-state index contributed by atoms with van der Waals surface area (Å²) in [5.74, 6) is 0.855. The number of guanidine groups is 1. The van der Waals surface area contributed by atoms with Crippen molar-refractivity contribution in [2.45, 2.75) is 40.0 Å². The summed E-state index contributed by atoms with van der Waals surface area (Å²) >= 11 is 0. The minimum absolute atomic E-state index is 0.0855. The van der Waals surface area contributed by atoms with E-state index in [0.717, 1.165) is 36.4 Å². The number of hydrogen-bond donors (Lipinski definition) is 4. The highest BCUT2D eigenvalue weighted by molar-refractivity contribution is 6.06. The van der Waals surface area contributed by atoms with Gasteiger partial charge < -0.3 is 16.0 Å².